The first-order valence-corrected chi connectivity index (χ1v) is 9.84. The molecule has 148 valence electrons. The van der Waals surface area contributed by atoms with E-state index in [9.17, 15) is 9.59 Å². The number of hydrogen-bond acceptors (Lipinski definition) is 2. The molecular weight excluding hydrogens is 384 g/mol. The number of carbonyl (C=O) groups excluding carboxylic acids is 2. The van der Waals surface area contributed by atoms with Crippen LogP contribution in [-0.4, -0.2) is 23.8 Å². The third-order valence-electron chi connectivity index (χ3n) is 4.62. The molecular formula is C24H23ClN2O2. The minimum absolute atomic E-state index is 0.143. The molecule has 0 aliphatic heterocycles. The molecule has 0 saturated carbocycles. The monoisotopic (exact) mass is 406 g/mol. The zero-order valence-corrected chi connectivity index (χ0v) is 17.0. The fraction of sp³-hybridized carbons (Fsp3) is 0.167. The topological polar surface area (TPSA) is 49.4 Å². The molecule has 3 aromatic rings. The van der Waals surface area contributed by atoms with E-state index in [1.165, 1.54) is 0 Å². The second-order valence-electron chi connectivity index (χ2n) is 6.83. The fourth-order valence-electron chi connectivity index (χ4n) is 3.08. The molecule has 4 nitrogen and oxygen atoms in total. The summed E-state index contributed by atoms with van der Waals surface area (Å²) in [6, 6.07) is 24.3. The van der Waals surface area contributed by atoms with Crippen LogP contribution in [0.5, 0.6) is 0 Å². The number of benzene rings is 3. The summed E-state index contributed by atoms with van der Waals surface area (Å²) in [4.78, 5) is 27.0. The molecule has 0 radical (unpaired) electrons. The quantitative estimate of drug-likeness (QED) is 0.587. The van der Waals surface area contributed by atoms with Gasteiger partial charge in [0.05, 0.1) is 11.3 Å². The van der Waals surface area contributed by atoms with Crippen LogP contribution < -0.4 is 5.32 Å². The van der Waals surface area contributed by atoms with E-state index < -0.39 is 0 Å². The first-order chi connectivity index (χ1) is 14.0. The molecule has 5 heteroatoms. The van der Waals surface area contributed by atoms with Crippen LogP contribution in [0.15, 0.2) is 78.9 Å². The van der Waals surface area contributed by atoms with Crippen molar-refractivity contribution in [3.05, 3.63) is 101 Å². The van der Waals surface area contributed by atoms with Crippen molar-refractivity contribution in [1.82, 2.24) is 4.90 Å². The van der Waals surface area contributed by atoms with Crippen molar-refractivity contribution in [2.24, 2.45) is 0 Å². The number of para-hydroxylation sites is 1. The second kappa shape index (κ2) is 9.89. The molecule has 0 bridgehead atoms. The molecule has 0 saturated heterocycles. The summed E-state index contributed by atoms with van der Waals surface area (Å²) in [5.41, 5.74) is 2.96. The molecule has 29 heavy (non-hydrogen) atoms. The van der Waals surface area contributed by atoms with Gasteiger partial charge in [-0.05, 0) is 35.7 Å². The van der Waals surface area contributed by atoms with Gasteiger partial charge >= 0.3 is 0 Å². The number of anilines is 1. The molecule has 1 N–H and O–H groups in total. The molecule has 3 rings (SSSR count). The molecule has 3 aromatic carbocycles. The molecule has 0 aromatic heterocycles. The largest absolute Gasteiger partial charge is 0.337 e. The molecule has 0 aliphatic carbocycles. The van der Waals surface area contributed by atoms with E-state index in [4.69, 9.17) is 11.6 Å². The predicted octanol–water partition coefficient (Wildman–Crippen LogP) is 5.18. The van der Waals surface area contributed by atoms with Crippen LogP contribution in [0.4, 0.5) is 5.69 Å². The van der Waals surface area contributed by atoms with Crippen molar-refractivity contribution in [2.75, 3.05) is 12.4 Å². The zero-order chi connectivity index (χ0) is 20.6. The molecule has 0 fully saturated rings. The van der Waals surface area contributed by atoms with E-state index in [1.807, 2.05) is 54.6 Å². The summed E-state index contributed by atoms with van der Waals surface area (Å²) >= 11 is 6.15. The lowest BCUT2D eigenvalue weighted by Gasteiger charge is -2.19. The van der Waals surface area contributed by atoms with Gasteiger partial charge in [-0.3, -0.25) is 9.59 Å². The Bertz CT molecular complexity index is 989. The Balaban J connectivity index is 1.65. The van der Waals surface area contributed by atoms with Gasteiger partial charge in [0.1, 0.15) is 0 Å². The van der Waals surface area contributed by atoms with Gasteiger partial charge in [-0.25, -0.2) is 0 Å². The van der Waals surface area contributed by atoms with Crippen LogP contribution in [0.3, 0.4) is 0 Å². The highest BCUT2D eigenvalue weighted by Gasteiger charge is 2.17. The summed E-state index contributed by atoms with van der Waals surface area (Å²) in [6.07, 6.45) is 0.821. The van der Waals surface area contributed by atoms with Crippen molar-refractivity contribution < 1.29 is 9.59 Å². The predicted molar refractivity (Wildman–Crippen MR) is 117 cm³/mol. The summed E-state index contributed by atoms with van der Waals surface area (Å²) < 4.78 is 0. The van der Waals surface area contributed by atoms with Gasteiger partial charge in [-0.15, -0.1) is 0 Å². The number of carbonyl (C=O) groups is 2. The Hall–Kier alpha value is -3.11. The maximum Gasteiger partial charge on any atom is 0.256 e. The van der Waals surface area contributed by atoms with Gasteiger partial charge in [0.15, 0.2) is 0 Å². The smallest absolute Gasteiger partial charge is 0.256 e. The lowest BCUT2D eigenvalue weighted by Crippen LogP contribution is -2.27. The van der Waals surface area contributed by atoms with Crippen LogP contribution in [0.25, 0.3) is 0 Å². The van der Waals surface area contributed by atoms with E-state index in [0.29, 0.717) is 29.2 Å². The average molecular weight is 407 g/mol. The molecule has 0 heterocycles. The first kappa shape index (κ1) is 20.6. The van der Waals surface area contributed by atoms with Gasteiger partial charge in [0.2, 0.25) is 5.91 Å². The SMILES string of the molecule is CN(Cc1ccccc1)C(=O)c1ccccc1NC(=O)CCc1ccccc1Cl. The normalized spacial score (nSPS) is 10.4. The number of halogens is 1. The van der Waals surface area contributed by atoms with E-state index in [0.717, 1.165) is 11.1 Å². The molecule has 0 aliphatic rings. The van der Waals surface area contributed by atoms with Crippen LogP contribution in [0, 0.1) is 0 Å². The van der Waals surface area contributed by atoms with Crippen molar-refractivity contribution in [1.29, 1.82) is 0 Å². The Morgan fingerprint density at radius 2 is 1.55 bits per heavy atom. The highest BCUT2D eigenvalue weighted by molar-refractivity contribution is 6.31. The fourth-order valence-corrected chi connectivity index (χ4v) is 3.31. The van der Waals surface area contributed by atoms with E-state index >= 15 is 0 Å². The van der Waals surface area contributed by atoms with Gasteiger partial charge in [-0.2, -0.15) is 0 Å². The van der Waals surface area contributed by atoms with Crippen LogP contribution >= 0.6 is 11.6 Å². The number of amides is 2. The van der Waals surface area contributed by atoms with Crippen LogP contribution in [0.1, 0.15) is 27.9 Å². The zero-order valence-electron chi connectivity index (χ0n) is 16.3. The maximum absolute atomic E-state index is 12.9. The highest BCUT2D eigenvalue weighted by Crippen LogP contribution is 2.20. The first-order valence-electron chi connectivity index (χ1n) is 9.46. The third kappa shape index (κ3) is 5.69. The summed E-state index contributed by atoms with van der Waals surface area (Å²) in [5.74, 6) is -0.299. The number of aryl methyl sites for hydroxylation is 1. The molecule has 2 amide bonds. The number of hydrogen-bond donors (Lipinski definition) is 1. The summed E-state index contributed by atoms with van der Waals surface area (Å²) in [6.45, 7) is 0.495. The van der Waals surface area contributed by atoms with Crippen molar-refractivity contribution >= 4 is 29.1 Å². The van der Waals surface area contributed by atoms with Gasteiger partial charge in [0.25, 0.3) is 5.91 Å². The van der Waals surface area contributed by atoms with E-state index in [-0.39, 0.29) is 18.2 Å². The summed E-state index contributed by atoms with van der Waals surface area (Å²) in [7, 11) is 1.76. The maximum atomic E-state index is 12.9. The number of nitrogens with zero attached hydrogens (tertiary/aromatic N) is 1. The summed E-state index contributed by atoms with van der Waals surface area (Å²) in [5, 5.41) is 3.52. The second-order valence-corrected chi connectivity index (χ2v) is 7.24. The Kier molecular flexibility index (Phi) is 7.04. The Morgan fingerprint density at radius 1 is 0.897 bits per heavy atom. The number of nitrogens with one attached hydrogen (secondary N) is 1. The van der Waals surface area contributed by atoms with E-state index in [2.05, 4.69) is 5.32 Å². The lowest BCUT2D eigenvalue weighted by molar-refractivity contribution is -0.116. The standard InChI is InChI=1S/C24H23ClN2O2/c1-27(17-18-9-3-2-4-10-18)24(29)20-12-6-8-14-22(20)26-23(28)16-15-19-11-5-7-13-21(19)25/h2-14H,15-17H2,1H3,(H,26,28). The third-order valence-corrected chi connectivity index (χ3v) is 4.99. The highest BCUT2D eigenvalue weighted by atomic mass is 35.5. The van der Waals surface area contributed by atoms with Gasteiger partial charge < -0.3 is 10.2 Å². The van der Waals surface area contributed by atoms with Crippen LogP contribution in [-0.2, 0) is 17.8 Å². The molecule has 0 unspecified atom stereocenters. The lowest BCUT2D eigenvalue weighted by atomic mass is 10.1. The number of rotatable bonds is 7. The minimum Gasteiger partial charge on any atom is -0.337 e. The van der Waals surface area contributed by atoms with Crippen molar-refractivity contribution in [2.45, 2.75) is 19.4 Å². The van der Waals surface area contributed by atoms with Gasteiger partial charge in [-0.1, -0.05) is 72.3 Å². The minimum atomic E-state index is -0.157. The Labute approximate surface area is 176 Å². The Morgan fingerprint density at radius 3 is 2.31 bits per heavy atom. The van der Waals surface area contributed by atoms with Crippen molar-refractivity contribution in [3.8, 4) is 0 Å². The molecule has 0 atom stereocenters. The average Bonchev–Trinajstić information content (AvgIpc) is 2.74. The molecule has 0 spiro atoms. The van der Waals surface area contributed by atoms with Crippen molar-refractivity contribution in [3.63, 3.8) is 0 Å². The van der Waals surface area contributed by atoms with Crippen LogP contribution in [0.2, 0.25) is 5.02 Å². The van der Waals surface area contributed by atoms with Gasteiger partial charge in [0, 0.05) is 25.0 Å². The van der Waals surface area contributed by atoms with E-state index in [1.54, 1.807) is 36.2 Å².